The van der Waals surface area contributed by atoms with Crippen molar-refractivity contribution in [1.29, 1.82) is 15.8 Å². The number of fused-ring (bicyclic) bond motifs is 1. The minimum Gasteiger partial charge on any atom is -0.399 e. The molecule has 5 nitrogen and oxygen atoms in total. The van der Waals surface area contributed by atoms with Gasteiger partial charge in [-0.25, -0.2) is 4.39 Å². The quantitative estimate of drug-likeness (QED) is 0.829. The topological polar surface area (TPSA) is 101 Å². The van der Waals surface area contributed by atoms with E-state index in [9.17, 15) is 20.2 Å². The smallest absolute Gasteiger partial charge is 0.191 e. The number of nitriles is 3. The second kappa shape index (κ2) is 6.23. The standard InChI is InChI=1S/C21H20FN5/c1-13-8-17-16(9-23)19(26)21(10-24,11-25)18(20(17,2)12-27(13)3)14-4-6-15(22)7-5-14/h4-8,13,18H,12,26H2,1-3H3. The Morgan fingerprint density at radius 1 is 1.19 bits per heavy atom. The Hall–Kier alpha value is -3.14. The summed E-state index contributed by atoms with van der Waals surface area (Å²) >= 11 is 0. The normalized spacial score (nSPS) is 29.7. The fourth-order valence-electron chi connectivity index (χ4n) is 4.57. The van der Waals surface area contributed by atoms with Crippen LogP contribution in [0.15, 0.2) is 47.2 Å². The maximum absolute atomic E-state index is 13.5. The molecule has 136 valence electrons. The molecule has 27 heavy (non-hydrogen) atoms. The third kappa shape index (κ3) is 2.44. The molecule has 1 aliphatic carbocycles. The van der Waals surface area contributed by atoms with Crippen molar-refractivity contribution in [3.63, 3.8) is 0 Å². The molecule has 0 aromatic heterocycles. The zero-order valence-corrected chi connectivity index (χ0v) is 15.5. The van der Waals surface area contributed by atoms with Crippen molar-refractivity contribution in [3.8, 4) is 18.2 Å². The number of nitrogens with zero attached hydrogens (tertiary/aromatic N) is 4. The highest BCUT2D eigenvalue weighted by Crippen LogP contribution is 2.60. The summed E-state index contributed by atoms with van der Waals surface area (Å²) in [6.45, 7) is 4.50. The van der Waals surface area contributed by atoms with Crippen molar-refractivity contribution in [2.45, 2.75) is 25.8 Å². The van der Waals surface area contributed by atoms with E-state index in [-0.39, 0.29) is 17.3 Å². The fraction of sp³-hybridized carbons (Fsp3) is 0.381. The van der Waals surface area contributed by atoms with Crippen LogP contribution in [0, 0.1) is 50.6 Å². The lowest BCUT2D eigenvalue weighted by molar-refractivity contribution is 0.124. The predicted octanol–water partition coefficient (Wildman–Crippen LogP) is 2.96. The van der Waals surface area contributed by atoms with Crippen molar-refractivity contribution in [3.05, 3.63) is 58.6 Å². The molecule has 6 heteroatoms. The summed E-state index contributed by atoms with van der Waals surface area (Å²) in [7, 11) is 1.96. The fourth-order valence-corrected chi connectivity index (χ4v) is 4.57. The van der Waals surface area contributed by atoms with E-state index in [0.29, 0.717) is 12.1 Å². The first-order valence-corrected chi connectivity index (χ1v) is 8.66. The Kier molecular flexibility index (Phi) is 4.31. The Bertz CT molecular complexity index is 956. The van der Waals surface area contributed by atoms with Crippen LogP contribution >= 0.6 is 0 Å². The zero-order chi connectivity index (χ0) is 20.0. The number of nitrogens with two attached hydrogens (primary N) is 1. The van der Waals surface area contributed by atoms with Gasteiger partial charge in [0.1, 0.15) is 11.9 Å². The third-order valence-electron chi connectivity index (χ3n) is 6.00. The molecule has 1 aromatic rings. The first kappa shape index (κ1) is 18.6. The molecule has 0 fully saturated rings. The van der Waals surface area contributed by atoms with Gasteiger partial charge in [0.05, 0.1) is 23.4 Å². The van der Waals surface area contributed by atoms with Crippen LogP contribution in [-0.4, -0.2) is 24.5 Å². The first-order valence-electron chi connectivity index (χ1n) is 8.66. The van der Waals surface area contributed by atoms with Crippen molar-refractivity contribution < 1.29 is 4.39 Å². The molecule has 1 aliphatic heterocycles. The third-order valence-corrected chi connectivity index (χ3v) is 6.00. The maximum atomic E-state index is 13.5. The Balaban J connectivity index is 2.42. The van der Waals surface area contributed by atoms with E-state index in [0.717, 1.165) is 5.57 Å². The molecule has 3 unspecified atom stereocenters. The minimum atomic E-state index is -1.71. The van der Waals surface area contributed by atoms with E-state index in [2.05, 4.69) is 23.1 Å². The lowest BCUT2D eigenvalue weighted by Gasteiger charge is -2.53. The summed E-state index contributed by atoms with van der Waals surface area (Å²) in [6, 6.07) is 12.2. The average Bonchev–Trinajstić information content (AvgIpc) is 2.65. The van der Waals surface area contributed by atoms with Gasteiger partial charge in [0.2, 0.25) is 0 Å². The van der Waals surface area contributed by atoms with E-state index in [4.69, 9.17) is 5.73 Å². The highest BCUT2D eigenvalue weighted by molar-refractivity contribution is 5.61. The van der Waals surface area contributed by atoms with Gasteiger partial charge >= 0.3 is 0 Å². The number of hydrogen-bond acceptors (Lipinski definition) is 5. The Labute approximate surface area is 158 Å². The van der Waals surface area contributed by atoms with Crippen LogP contribution in [-0.2, 0) is 0 Å². The number of halogens is 1. The number of benzene rings is 1. The summed E-state index contributed by atoms with van der Waals surface area (Å²) in [4.78, 5) is 2.11. The van der Waals surface area contributed by atoms with Crippen LogP contribution in [0.4, 0.5) is 4.39 Å². The molecule has 3 atom stereocenters. The molecule has 1 heterocycles. The molecular formula is C21H20FN5. The summed E-state index contributed by atoms with van der Waals surface area (Å²) < 4.78 is 13.5. The van der Waals surface area contributed by atoms with Gasteiger partial charge in [-0.15, -0.1) is 0 Å². The van der Waals surface area contributed by atoms with Crippen molar-refractivity contribution >= 4 is 0 Å². The van der Waals surface area contributed by atoms with Gasteiger partial charge in [0, 0.05) is 23.9 Å². The molecule has 0 radical (unpaired) electrons. The molecule has 0 saturated carbocycles. The second-order valence-corrected chi connectivity index (χ2v) is 7.57. The van der Waals surface area contributed by atoms with Gasteiger partial charge < -0.3 is 5.73 Å². The monoisotopic (exact) mass is 361 g/mol. The van der Waals surface area contributed by atoms with Gasteiger partial charge in [0.15, 0.2) is 5.41 Å². The molecule has 3 rings (SSSR count). The van der Waals surface area contributed by atoms with Gasteiger partial charge in [-0.05, 0) is 37.2 Å². The van der Waals surface area contributed by atoms with E-state index in [1.807, 2.05) is 27.0 Å². The van der Waals surface area contributed by atoms with Crippen LogP contribution in [0.5, 0.6) is 0 Å². The van der Waals surface area contributed by atoms with Gasteiger partial charge in [0.25, 0.3) is 0 Å². The van der Waals surface area contributed by atoms with Crippen molar-refractivity contribution in [1.82, 2.24) is 4.90 Å². The van der Waals surface area contributed by atoms with Crippen molar-refractivity contribution in [2.75, 3.05) is 13.6 Å². The second-order valence-electron chi connectivity index (χ2n) is 7.57. The molecule has 0 bridgehead atoms. The number of rotatable bonds is 1. The molecule has 0 spiro atoms. The Morgan fingerprint density at radius 2 is 1.78 bits per heavy atom. The largest absolute Gasteiger partial charge is 0.399 e. The SMILES string of the molecule is CC1C=C2C(C#N)=C(N)C(C#N)(C#N)C(c3ccc(F)cc3)C2(C)CN1C. The summed E-state index contributed by atoms with van der Waals surface area (Å²) in [6.07, 6.45) is 1.98. The van der Waals surface area contributed by atoms with Crippen molar-refractivity contribution in [2.24, 2.45) is 16.6 Å². The number of allylic oxidation sites excluding steroid dienone is 2. The lowest BCUT2D eigenvalue weighted by atomic mass is 9.51. The predicted molar refractivity (Wildman–Crippen MR) is 97.9 cm³/mol. The number of hydrogen-bond donors (Lipinski definition) is 1. The first-order chi connectivity index (χ1) is 12.7. The van der Waals surface area contributed by atoms with E-state index < -0.39 is 22.6 Å². The molecule has 2 aliphatic rings. The molecule has 0 amide bonds. The van der Waals surface area contributed by atoms with Crippen LogP contribution in [0.3, 0.4) is 0 Å². The zero-order valence-electron chi connectivity index (χ0n) is 15.5. The molecule has 1 aromatic carbocycles. The van der Waals surface area contributed by atoms with Crippen LogP contribution < -0.4 is 5.73 Å². The highest BCUT2D eigenvalue weighted by Gasteiger charge is 2.60. The van der Waals surface area contributed by atoms with E-state index in [1.165, 1.54) is 12.1 Å². The molecule has 0 saturated heterocycles. The van der Waals surface area contributed by atoms with E-state index in [1.54, 1.807) is 12.1 Å². The Morgan fingerprint density at radius 3 is 2.30 bits per heavy atom. The highest BCUT2D eigenvalue weighted by atomic mass is 19.1. The van der Waals surface area contributed by atoms with Gasteiger partial charge in [-0.3, -0.25) is 4.90 Å². The number of likely N-dealkylation sites (N-methyl/N-ethyl adjacent to an activating group) is 1. The summed E-state index contributed by atoms with van der Waals surface area (Å²) in [5.41, 5.74) is 5.44. The van der Waals surface area contributed by atoms with Crippen LogP contribution in [0.2, 0.25) is 0 Å². The summed E-state index contributed by atoms with van der Waals surface area (Å²) in [5.74, 6) is -1.04. The van der Waals surface area contributed by atoms with Crippen LogP contribution in [0.25, 0.3) is 0 Å². The van der Waals surface area contributed by atoms with Crippen LogP contribution in [0.1, 0.15) is 25.3 Å². The average molecular weight is 361 g/mol. The molecular weight excluding hydrogens is 341 g/mol. The summed E-state index contributed by atoms with van der Waals surface area (Å²) in [5, 5.41) is 29.8. The maximum Gasteiger partial charge on any atom is 0.191 e. The minimum absolute atomic E-state index is 0.0233. The van der Waals surface area contributed by atoms with E-state index >= 15 is 0 Å². The van der Waals surface area contributed by atoms with Gasteiger partial charge in [-0.1, -0.05) is 25.1 Å². The van der Waals surface area contributed by atoms with Gasteiger partial charge in [-0.2, -0.15) is 15.8 Å². The lowest BCUT2D eigenvalue weighted by Crippen LogP contribution is -2.54. The molecule has 2 N–H and O–H groups in total.